The molecule has 0 bridgehead atoms. The van der Waals surface area contributed by atoms with Gasteiger partial charge in [-0.05, 0) is 73.9 Å². The molecule has 1 unspecified atom stereocenters. The Morgan fingerprint density at radius 3 is 2.34 bits per heavy atom. The lowest BCUT2D eigenvalue weighted by atomic mass is 9.94. The van der Waals surface area contributed by atoms with Gasteiger partial charge in [0.2, 0.25) is 0 Å². The van der Waals surface area contributed by atoms with Crippen molar-refractivity contribution in [2.24, 2.45) is 0 Å². The number of likely N-dealkylation sites (tertiary alicyclic amines) is 1. The number of amides is 1. The van der Waals surface area contributed by atoms with E-state index in [0.29, 0.717) is 48.2 Å². The monoisotopic (exact) mass is 516 g/mol. The number of carbonyl (C=O) groups excluding carboxylic acids is 2. The number of aromatic nitrogens is 1. The van der Waals surface area contributed by atoms with Crippen LogP contribution in [0.3, 0.4) is 0 Å². The second kappa shape index (κ2) is 12.3. The molecule has 1 aliphatic heterocycles. The number of aliphatic hydroxyl groups excluding tert-OH is 1. The number of hydrogen-bond acceptors (Lipinski definition) is 7. The van der Waals surface area contributed by atoms with Gasteiger partial charge >= 0.3 is 0 Å². The van der Waals surface area contributed by atoms with Crippen molar-refractivity contribution in [3.63, 3.8) is 0 Å². The standard InChI is InChI=1S/C30H32N2O6/c1-4-16-38-23-12-9-21(10-13-23)28(33)26-27(22-11-14-24(36-5-2)25(17-22)37-6-3)32(30(35)29(26)34)19-20-8-7-15-31-18-20/h7-15,17-18,27,33H,4-6,16,19H2,1-3H3/b28-26+. The molecule has 8 nitrogen and oxygen atoms in total. The largest absolute Gasteiger partial charge is 0.507 e. The molecule has 8 heteroatoms. The molecule has 198 valence electrons. The van der Waals surface area contributed by atoms with Crippen LogP contribution in [0.2, 0.25) is 0 Å². The van der Waals surface area contributed by atoms with E-state index < -0.39 is 17.7 Å². The van der Waals surface area contributed by atoms with E-state index >= 15 is 0 Å². The third-order valence-electron chi connectivity index (χ3n) is 6.10. The highest BCUT2D eigenvalue weighted by atomic mass is 16.5. The zero-order valence-electron chi connectivity index (χ0n) is 21.8. The average Bonchev–Trinajstić information content (AvgIpc) is 3.18. The van der Waals surface area contributed by atoms with Crippen molar-refractivity contribution < 1.29 is 28.9 Å². The van der Waals surface area contributed by atoms with E-state index in [9.17, 15) is 14.7 Å². The maximum atomic E-state index is 13.4. The summed E-state index contributed by atoms with van der Waals surface area (Å²) in [6.45, 7) is 7.34. The number of ether oxygens (including phenoxy) is 3. The zero-order valence-corrected chi connectivity index (χ0v) is 21.8. The molecular weight excluding hydrogens is 484 g/mol. The molecule has 0 spiro atoms. The molecular formula is C30H32N2O6. The molecule has 0 radical (unpaired) electrons. The van der Waals surface area contributed by atoms with Crippen LogP contribution in [-0.4, -0.2) is 46.5 Å². The van der Waals surface area contributed by atoms with Crippen LogP contribution in [0.4, 0.5) is 0 Å². The van der Waals surface area contributed by atoms with Crippen LogP contribution in [0.25, 0.3) is 5.76 Å². The highest BCUT2D eigenvalue weighted by Gasteiger charge is 2.46. The van der Waals surface area contributed by atoms with Gasteiger partial charge in [-0.15, -0.1) is 0 Å². The lowest BCUT2D eigenvalue weighted by Crippen LogP contribution is -2.29. The quantitative estimate of drug-likeness (QED) is 0.210. The maximum absolute atomic E-state index is 13.4. The third-order valence-corrected chi connectivity index (χ3v) is 6.10. The second-order valence-electron chi connectivity index (χ2n) is 8.73. The van der Waals surface area contributed by atoms with E-state index in [0.717, 1.165) is 12.0 Å². The van der Waals surface area contributed by atoms with Gasteiger partial charge in [-0.3, -0.25) is 14.6 Å². The number of Topliss-reactive ketones (excluding diaryl/α,β-unsaturated/α-hetero) is 1. The Labute approximate surface area is 222 Å². The first-order valence-electron chi connectivity index (χ1n) is 12.8. The third kappa shape index (κ3) is 5.64. The fourth-order valence-corrected chi connectivity index (χ4v) is 4.40. The molecule has 1 aromatic heterocycles. The van der Waals surface area contributed by atoms with Gasteiger partial charge in [0.05, 0.1) is 31.4 Å². The van der Waals surface area contributed by atoms with Crippen molar-refractivity contribution in [2.45, 2.75) is 39.8 Å². The Bertz CT molecular complexity index is 1300. The summed E-state index contributed by atoms with van der Waals surface area (Å²) in [5.74, 6) is 0.00619. The zero-order chi connectivity index (χ0) is 27.1. The summed E-state index contributed by atoms with van der Waals surface area (Å²) >= 11 is 0. The Kier molecular flexibility index (Phi) is 8.63. The predicted octanol–water partition coefficient (Wildman–Crippen LogP) is 5.29. The Morgan fingerprint density at radius 2 is 1.68 bits per heavy atom. The number of nitrogens with zero attached hydrogens (tertiary/aromatic N) is 2. The summed E-state index contributed by atoms with van der Waals surface area (Å²) < 4.78 is 17.1. The van der Waals surface area contributed by atoms with Crippen LogP contribution < -0.4 is 14.2 Å². The first-order chi connectivity index (χ1) is 18.5. The van der Waals surface area contributed by atoms with Crippen molar-refractivity contribution in [1.82, 2.24) is 9.88 Å². The lowest BCUT2D eigenvalue weighted by Gasteiger charge is -2.26. The molecule has 2 aromatic carbocycles. The number of carbonyl (C=O) groups is 2. The number of hydrogen-bond donors (Lipinski definition) is 1. The molecule has 1 N–H and O–H groups in total. The van der Waals surface area contributed by atoms with E-state index in [1.165, 1.54) is 4.90 Å². The molecule has 0 saturated carbocycles. The minimum Gasteiger partial charge on any atom is -0.507 e. The van der Waals surface area contributed by atoms with Crippen LogP contribution in [0.5, 0.6) is 17.2 Å². The van der Waals surface area contributed by atoms with Crippen molar-refractivity contribution in [1.29, 1.82) is 0 Å². The highest BCUT2D eigenvalue weighted by Crippen LogP contribution is 2.42. The van der Waals surface area contributed by atoms with Crippen LogP contribution in [-0.2, 0) is 16.1 Å². The summed E-state index contributed by atoms with van der Waals surface area (Å²) in [5.41, 5.74) is 1.79. The minimum absolute atomic E-state index is 0.00715. The topological polar surface area (TPSA) is 98.2 Å². The second-order valence-corrected chi connectivity index (χ2v) is 8.73. The number of benzene rings is 2. The van der Waals surface area contributed by atoms with E-state index in [1.807, 2.05) is 26.8 Å². The molecule has 1 amide bonds. The van der Waals surface area contributed by atoms with E-state index in [4.69, 9.17) is 14.2 Å². The molecule has 2 heterocycles. The first-order valence-corrected chi connectivity index (χ1v) is 12.8. The molecule has 38 heavy (non-hydrogen) atoms. The Hall–Kier alpha value is -4.33. The molecule has 1 atom stereocenters. The fraction of sp³-hybridized carbons (Fsp3) is 0.300. The number of pyridine rings is 1. The fourth-order valence-electron chi connectivity index (χ4n) is 4.40. The smallest absolute Gasteiger partial charge is 0.295 e. The van der Waals surface area contributed by atoms with Gasteiger partial charge in [0.15, 0.2) is 11.5 Å². The summed E-state index contributed by atoms with van der Waals surface area (Å²) in [7, 11) is 0. The molecule has 3 aromatic rings. The van der Waals surface area contributed by atoms with Crippen LogP contribution in [0, 0.1) is 0 Å². The van der Waals surface area contributed by atoms with Crippen molar-refractivity contribution in [3.8, 4) is 17.2 Å². The van der Waals surface area contributed by atoms with Gasteiger partial charge in [-0.2, -0.15) is 0 Å². The van der Waals surface area contributed by atoms with Gasteiger partial charge in [-0.1, -0.05) is 19.1 Å². The van der Waals surface area contributed by atoms with E-state index in [1.54, 1.807) is 60.9 Å². The Balaban J connectivity index is 1.82. The van der Waals surface area contributed by atoms with E-state index in [2.05, 4.69) is 4.98 Å². The predicted molar refractivity (Wildman–Crippen MR) is 143 cm³/mol. The first kappa shape index (κ1) is 26.7. The normalized spacial score (nSPS) is 16.5. The number of rotatable bonds is 11. The lowest BCUT2D eigenvalue weighted by molar-refractivity contribution is -0.140. The minimum atomic E-state index is -0.846. The van der Waals surface area contributed by atoms with E-state index in [-0.39, 0.29) is 17.9 Å². The van der Waals surface area contributed by atoms with Crippen LogP contribution in [0.15, 0.2) is 72.6 Å². The van der Waals surface area contributed by atoms with Gasteiger partial charge in [0, 0.05) is 24.5 Å². The molecule has 4 rings (SSSR count). The number of aliphatic hydroxyl groups is 1. The van der Waals surface area contributed by atoms with Crippen molar-refractivity contribution in [2.75, 3.05) is 19.8 Å². The Morgan fingerprint density at radius 1 is 0.947 bits per heavy atom. The van der Waals surface area contributed by atoms with Crippen molar-refractivity contribution in [3.05, 3.63) is 89.3 Å². The van der Waals surface area contributed by atoms with Crippen LogP contribution >= 0.6 is 0 Å². The van der Waals surface area contributed by atoms with Crippen molar-refractivity contribution >= 4 is 17.4 Å². The molecule has 1 fully saturated rings. The van der Waals surface area contributed by atoms with Gasteiger partial charge in [-0.25, -0.2) is 0 Å². The SMILES string of the molecule is CCCOc1ccc(/C(O)=C2\C(=O)C(=O)N(Cc3cccnc3)C2c2ccc(OCC)c(OCC)c2)cc1. The summed E-state index contributed by atoms with van der Waals surface area (Å²) in [6, 6.07) is 14.9. The average molecular weight is 517 g/mol. The van der Waals surface area contributed by atoms with Gasteiger partial charge in [0.1, 0.15) is 11.5 Å². The molecule has 1 saturated heterocycles. The molecule has 0 aliphatic carbocycles. The summed E-state index contributed by atoms with van der Waals surface area (Å²) in [5, 5.41) is 11.4. The summed E-state index contributed by atoms with van der Waals surface area (Å²) in [6.07, 6.45) is 4.16. The van der Waals surface area contributed by atoms with Crippen LogP contribution in [0.1, 0.15) is 49.9 Å². The highest BCUT2D eigenvalue weighted by molar-refractivity contribution is 6.46. The number of ketones is 1. The van der Waals surface area contributed by atoms with Gasteiger partial charge < -0.3 is 24.2 Å². The molecule has 1 aliphatic rings. The maximum Gasteiger partial charge on any atom is 0.295 e. The summed E-state index contributed by atoms with van der Waals surface area (Å²) in [4.78, 5) is 32.3. The van der Waals surface area contributed by atoms with Gasteiger partial charge in [0.25, 0.3) is 11.7 Å².